The van der Waals surface area contributed by atoms with Crippen LogP contribution in [0.5, 0.6) is 0 Å². The van der Waals surface area contributed by atoms with Crippen LogP contribution >= 0.6 is 0 Å². The Hall–Kier alpha value is -2.67. The van der Waals surface area contributed by atoms with Crippen molar-refractivity contribution in [2.45, 2.75) is 19.8 Å². The lowest BCUT2D eigenvalue weighted by atomic mass is 9.80. The first-order valence-electron chi connectivity index (χ1n) is 8.50. The summed E-state index contributed by atoms with van der Waals surface area (Å²) in [5, 5.41) is 13.6. The molecule has 1 aromatic carbocycles. The van der Waals surface area contributed by atoms with Crippen LogP contribution in [0.2, 0.25) is 0 Å². The Bertz CT molecular complexity index is 795. The van der Waals surface area contributed by atoms with Gasteiger partial charge in [0.25, 0.3) is 5.91 Å². The monoisotopic (exact) mass is 358 g/mol. The van der Waals surface area contributed by atoms with Gasteiger partial charge in [0.15, 0.2) is 0 Å². The molecule has 2 heterocycles. The number of aliphatic carboxylic acids is 1. The molecule has 0 aliphatic carbocycles. The van der Waals surface area contributed by atoms with Crippen LogP contribution < -0.4 is 0 Å². The highest BCUT2D eigenvalue weighted by molar-refractivity contribution is 5.93. The van der Waals surface area contributed by atoms with Crippen molar-refractivity contribution in [1.29, 1.82) is 0 Å². The number of hydrogen-bond donors (Lipinski definition) is 1. The Morgan fingerprint density at radius 2 is 2.08 bits per heavy atom. The lowest BCUT2D eigenvalue weighted by molar-refractivity contribution is -0.155. The van der Waals surface area contributed by atoms with Crippen molar-refractivity contribution >= 4 is 11.9 Å². The molecule has 1 aliphatic rings. The number of amides is 1. The molecule has 3 rings (SSSR count). The number of carbonyl (C=O) groups is 2. The van der Waals surface area contributed by atoms with Crippen LogP contribution in [-0.2, 0) is 9.53 Å². The van der Waals surface area contributed by atoms with Gasteiger partial charge in [0.2, 0.25) is 5.76 Å². The van der Waals surface area contributed by atoms with Crippen molar-refractivity contribution in [2.24, 2.45) is 5.41 Å². The Kier molecular flexibility index (Phi) is 5.08. The molecule has 1 N–H and O–H groups in total. The third-order valence-electron chi connectivity index (χ3n) is 4.81. The predicted molar refractivity (Wildman–Crippen MR) is 93.8 cm³/mol. The second kappa shape index (κ2) is 7.29. The van der Waals surface area contributed by atoms with E-state index in [9.17, 15) is 14.7 Å². The van der Waals surface area contributed by atoms with Crippen molar-refractivity contribution in [3.63, 3.8) is 0 Å². The highest BCUT2D eigenvalue weighted by Gasteiger charge is 2.44. The lowest BCUT2D eigenvalue weighted by Crippen LogP contribution is -2.52. The van der Waals surface area contributed by atoms with Gasteiger partial charge in [-0.05, 0) is 19.8 Å². The predicted octanol–water partition coefficient (Wildman–Crippen LogP) is 2.60. The van der Waals surface area contributed by atoms with Crippen molar-refractivity contribution in [3.05, 3.63) is 41.7 Å². The molecule has 2 aromatic rings. The number of piperidine rings is 1. The zero-order valence-electron chi connectivity index (χ0n) is 14.9. The highest BCUT2D eigenvalue weighted by atomic mass is 16.5. The zero-order chi connectivity index (χ0) is 18.7. The van der Waals surface area contributed by atoms with Crippen molar-refractivity contribution in [3.8, 4) is 11.3 Å². The number of carboxylic acid groups (broad SMARTS) is 1. The molecular weight excluding hydrogens is 336 g/mol. The molecule has 1 fully saturated rings. The van der Waals surface area contributed by atoms with E-state index in [2.05, 4.69) is 5.16 Å². The fraction of sp³-hybridized carbons (Fsp3) is 0.421. The van der Waals surface area contributed by atoms with E-state index < -0.39 is 11.4 Å². The standard InChI is InChI=1S/C19H22N2O5/c1-13-4-6-14(7-5-13)15-10-16(26-20-15)17(22)21-9-3-8-19(11-21,12-25-2)18(23)24/h4-7,10H,3,8-9,11-12H2,1-2H3,(H,23,24). The summed E-state index contributed by atoms with van der Waals surface area (Å²) in [6.07, 6.45) is 1.07. The van der Waals surface area contributed by atoms with E-state index in [0.29, 0.717) is 25.1 Å². The van der Waals surface area contributed by atoms with Crippen LogP contribution in [0.25, 0.3) is 11.3 Å². The molecule has 7 nitrogen and oxygen atoms in total. The van der Waals surface area contributed by atoms with E-state index in [0.717, 1.165) is 11.1 Å². The van der Waals surface area contributed by atoms with E-state index >= 15 is 0 Å². The number of methoxy groups -OCH3 is 1. The number of benzene rings is 1. The Morgan fingerprint density at radius 1 is 1.35 bits per heavy atom. The third kappa shape index (κ3) is 3.48. The van der Waals surface area contributed by atoms with Gasteiger partial charge in [-0.1, -0.05) is 35.0 Å². The molecule has 0 spiro atoms. The Balaban J connectivity index is 1.79. The number of hydrogen-bond acceptors (Lipinski definition) is 5. The van der Waals surface area contributed by atoms with Crippen LogP contribution in [0.3, 0.4) is 0 Å². The number of rotatable bonds is 5. The minimum atomic E-state index is -1.08. The highest BCUT2D eigenvalue weighted by Crippen LogP contribution is 2.32. The van der Waals surface area contributed by atoms with Gasteiger partial charge in [-0.2, -0.15) is 0 Å². The van der Waals surface area contributed by atoms with E-state index in [-0.39, 0.29) is 24.8 Å². The van der Waals surface area contributed by atoms with Crippen molar-refractivity contribution < 1.29 is 24.0 Å². The van der Waals surface area contributed by atoms with Crippen LogP contribution in [0, 0.1) is 12.3 Å². The van der Waals surface area contributed by atoms with E-state index in [1.807, 2.05) is 31.2 Å². The quantitative estimate of drug-likeness (QED) is 0.883. The van der Waals surface area contributed by atoms with Gasteiger partial charge in [0.05, 0.1) is 6.61 Å². The lowest BCUT2D eigenvalue weighted by Gasteiger charge is -2.38. The number of likely N-dealkylation sites (tertiary alicyclic amines) is 1. The van der Waals surface area contributed by atoms with E-state index in [1.165, 1.54) is 12.0 Å². The first-order valence-corrected chi connectivity index (χ1v) is 8.50. The summed E-state index contributed by atoms with van der Waals surface area (Å²) in [4.78, 5) is 26.0. The molecule has 26 heavy (non-hydrogen) atoms. The first kappa shape index (κ1) is 18.1. The van der Waals surface area contributed by atoms with Gasteiger partial charge >= 0.3 is 5.97 Å². The summed E-state index contributed by atoms with van der Waals surface area (Å²) in [5.74, 6) is -1.19. The van der Waals surface area contributed by atoms with Crippen molar-refractivity contribution in [2.75, 3.05) is 26.8 Å². The molecule has 0 radical (unpaired) electrons. The summed E-state index contributed by atoms with van der Waals surface area (Å²) in [5.41, 5.74) is 1.48. The molecule has 0 saturated carbocycles. The fourth-order valence-electron chi connectivity index (χ4n) is 3.33. The van der Waals surface area contributed by atoms with Crippen LogP contribution in [0.1, 0.15) is 29.0 Å². The number of aryl methyl sites for hydroxylation is 1. The van der Waals surface area contributed by atoms with E-state index in [4.69, 9.17) is 9.26 Å². The summed E-state index contributed by atoms with van der Waals surface area (Å²) in [7, 11) is 1.47. The van der Waals surface area contributed by atoms with Crippen molar-refractivity contribution in [1.82, 2.24) is 10.1 Å². The molecule has 1 aromatic heterocycles. The summed E-state index contributed by atoms with van der Waals surface area (Å²) < 4.78 is 10.3. The third-order valence-corrected chi connectivity index (χ3v) is 4.81. The maximum atomic E-state index is 12.8. The van der Waals surface area contributed by atoms with Crippen LogP contribution in [0.4, 0.5) is 0 Å². The molecule has 7 heteroatoms. The van der Waals surface area contributed by atoms with Gasteiger partial charge < -0.3 is 19.3 Å². The second-order valence-corrected chi connectivity index (χ2v) is 6.79. The van der Waals surface area contributed by atoms with E-state index in [1.54, 1.807) is 6.07 Å². The Morgan fingerprint density at radius 3 is 2.73 bits per heavy atom. The van der Waals surface area contributed by atoms with Crippen LogP contribution in [-0.4, -0.2) is 53.8 Å². The molecule has 1 amide bonds. The zero-order valence-corrected chi connectivity index (χ0v) is 14.9. The number of aromatic nitrogens is 1. The van der Waals surface area contributed by atoms with Gasteiger partial charge in [0, 0.05) is 31.8 Å². The smallest absolute Gasteiger partial charge is 0.313 e. The minimum absolute atomic E-state index is 0.0666. The summed E-state index contributed by atoms with van der Waals surface area (Å²) in [6, 6.07) is 9.34. The Labute approximate surface area is 151 Å². The van der Waals surface area contributed by atoms with Gasteiger partial charge in [-0.25, -0.2) is 0 Å². The van der Waals surface area contributed by atoms with Crippen LogP contribution in [0.15, 0.2) is 34.9 Å². The minimum Gasteiger partial charge on any atom is -0.481 e. The fourth-order valence-corrected chi connectivity index (χ4v) is 3.33. The molecule has 1 atom stereocenters. The maximum Gasteiger partial charge on any atom is 0.313 e. The molecule has 138 valence electrons. The van der Waals surface area contributed by atoms with Gasteiger partial charge in [-0.15, -0.1) is 0 Å². The number of nitrogens with zero attached hydrogens (tertiary/aromatic N) is 2. The largest absolute Gasteiger partial charge is 0.481 e. The first-order chi connectivity index (χ1) is 12.4. The topological polar surface area (TPSA) is 92.9 Å². The number of carbonyl (C=O) groups excluding carboxylic acids is 1. The van der Waals surface area contributed by atoms with Gasteiger partial charge in [0.1, 0.15) is 11.1 Å². The summed E-state index contributed by atoms with van der Waals surface area (Å²) in [6.45, 7) is 2.64. The average molecular weight is 358 g/mol. The molecule has 1 aliphatic heterocycles. The maximum absolute atomic E-state index is 12.8. The number of ether oxygens (including phenoxy) is 1. The molecular formula is C19H22N2O5. The second-order valence-electron chi connectivity index (χ2n) is 6.79. The number of carboxylic acids is 1. The average Bonchev–Trinajstić information content (AvgIpc) is 3.12. The summed E-state index contributed by atoms with van der Waals surface area (Å²) >= 11 is 0. The molecule has 1 saturated heterocycles. The SMILES string of the molecule is COCC1(C(=O)O)CCCN(C(=O)c2cc(-c3ccc(C)cc3)no2)C1. The van der Waals surface area contributed by atoms with Gasteiger partial charge in [-0.3, -0.25) is 9.59 Å². The molecule has 0 bridgehead atoms. The molecule has 1 unspecified atom stereocenters. The normalized spacial score (nSPS) is 20.2.